The van der Waals surface area contributed by atoms with E-state index < -0.39 is 0 Å². The van der Waals surface area contributed by atoms with E-state index in [9.17, 15) is 0 Å². The summed E-state index contributed by atoms with van der Waals surface area (Å²) in [6.07, 6.45) is 1.66. The van der Waals surface area contributed by atoms with Crippen LogP contribution in [0, 0.1) is 0 Å². The number of pyridine rings is 1. The van der Waals surface area contributed by atoms with Gasteiger partial charge in [-0.25, -0.2) is 4.84 Å². The Labute approximate surface area is 75.6 Å². The van der Waals surface area contributed by atoms with Gasteiger partial charge in [-0.05, 0) is 30.8 Å². The molecule has 1 rings (SSSR count). The zero-order valence-electron chi connectivity index (χ0n) is 6.01. The first-order valence-electron chi connectivity index (χ1n) is 3.21. The molecule has 0 aliphatic carbocycles. The zero-order chi connectivity index (χ0) is 8.27. The van der Waals surface area contributed by atoms with Gasteiger partial charge >= 0.3 is 0 Å². The Morgan fingerprint density at radius 1 is 1.64 bits per heavy atom. The fourth-order valence-electron chi connectivity index (χ4n) is 0.714. The van der Waals surface area contributed by atoms with Crippen molar-refractivity contribution >= 4 is 23.4 Å². The molecule has 0 spiro atoms. The van der Waals surface area contributed by atoms with Crippen LogP contribution in [-0.2, 0) is 0 Å². The number of nitrogens with zero attached hydrogens (tertiary/aromatic N) is 1. The minimum Gasteiger partial charge on any atom is -0.259 e. The highest BCUT2D eigenvalue weighted by Gasteiger charge is 2.03. The average molecular weight is 191 g/mol. The molecule has 60 valence electrons. The summed E-state index contributed by atoms with van der Waals surface area (Å²) in [5, 5.41) is 0.675. The van der Waals surface area contributed by atoms with E-state index in [1.807, 2.05) is 6.92 Å². The van der Waals surface area contributed by atoms with Crippen molar-refractivity contribution in [1.29, 1.82) is 0 Å². The van der Waals surface area contributed by atoms with Gasteiger partial charge in [0.15, 0.2) is 0 Å². The summed E-state index contributed by atoms with van der Waals surface area (Å²) < 4.78 is 0. The Bertz CT molecular complexity index is 240. The molecule has 0 amide bonds. The molecule has 0 saturated carbocycles. The molecule has 11 heavy (non-hydrogen) atoms. The fraction of sp³-hybridized carbons (Fsp3) is 0.286. The van der Waals surface area contributed by atoms with Crippen LogP contribution in [0.5, 0.6) is 0 Å². The molecule has 0 bridgehead atoms. The van der Waals surface area contributed by atoms with Crippen LogP contribution in [-0.4, -0.2) is 4.98 Å². The highest BCUT2D eigenvalue weighted by Crippen LogP contribution is 2.14. The van der Waals surface area contributed by atoms with Crippen LogP contribution < -0.4 is 4.84 Å². The molecular formula is C7H8Cl2N2. The van der Waals surface area contributed by atoms with E-state index in [4.69, 9.17) is 23.4 Å². The summed E-state index contributed by atoms with van der Waals surface area (Å²) in [5.74, 6) is 0. The maximum atomic E-state index is 5.74. The topological polar surface area (TPSA) is 24.9 Å². The lowest BCUT2D eigenvalue weighted by Crippen LogP contribution is -2.07. The van der Waals surface area contributed by atoms with Crippen LogP contribution in [0.2, 0.25) is 5.02 Å². The second kappa shape index (κ2) is 3.90. The molecule has 2 nitrogen and oxygen atoms in total. The quantitative estimate of drug-likeness (QED) is 0.726. The number of hydrogen-bond donors (Lipinski definition) is 1. The van der Waals surface area contributed by atoms with Crippen LogP contribution in [0.1, 0.15) is 18.7 Å². The first-order valence-corrected chi connectivity index (χ1v) is 3.97. The number of hydrogen-bond acceptors (Lipinski definition) is 2. The molecule has 0 radical (unpaired) electrons. The largest absolute Gasteiger partial charge is 0.259 e. The van der Waals surface area contributed by atoms with E-state index >= 15 is 0 Å². The summed E-state index contributed by atoms with van der Waals surface area (Å²) in [6.45, 7) is 1.91. The van der Waals surface area contributed by atoms with Crippen molar-refractivity contribution < 1.29 is 0 Å². The molecule has 1 N–H and O–H groups in total. The van der Waals surface area contributed by atoms with E-state index in [0.29, 0.717) is 5.02 Å². The second-order valence-corrected chi connectivity index (χ2v) is 2.88. The number of aromatic nitrogens is 1. The summed E-state index contributed by atoms with van der Waals surface area (Å²) in [4.78, 5) is 6.64. The van der Waals surface area contributed by atoms with Gasteiger partial charge in [0.1, 0.15) is 0 Å². The van der Waals surface area contributed by atoms with Gasteiger partial charge in [0.25, 0.3) is 0 Å². The van der Waals surface area contributed by atoms with E-state index in [2.05, 4.69) is 9.82 Å². The van der Waals surface area contributed by atoms with Gasteiger partial charge in [0.2, 0.25) is 0 Å². The maximum Gasteiger partial charge on any atom is 0.0615 e. The molecule has 4 heteroatoms. The molecule has 0 aliphatic rings. The van der Waals surface area contributed by atoms with Crippen molar-refractivity contribution in [2.24, 2.45) is 0 Å². The third-order valence-electron chi connectivity index (χ3n) is 1.35. The molecule has 1 atom stereocenters. The highest BCUT2D eigenvalue weighted by molar-refractivity contribution is 6.30. The van der Waals surface area contributed by atoms with Crippen molar-refractivity contribution in [3.05, 3.63) is 29.0 Å². The number of nitrogens with one attached hydrogen (secondary N) is 1. The standard InChI is InChI=1S/C7H8Cl2N2/c1-5(11-9)7-4-6(8)2-3-10-7/h2-5,11H,1H3/t5-/m0/s1. The van der Waals surface area contributed by atoms with Crippen molar-refractivity contribution in [3.8, 4) is 0 Å². The van der Waals surface area contributed by atoms with Crippen LogP contribution >= 0.6 is 23.4 Å². The normalized spacial score (nSPS) is 13.0. The number of halogens is 2. The van der Waals surface area contributed by atoms with Crippen molar-refractivity contribution in [2.45, 2.75) is 13.0 Å². The first kappa shape index (κ1) is 8.78. The van der Waals surface area contributed by atoms with Crippen LogP contribution in [0.25, 0.3) is 0 Å². The second-order valence-electron chi connectivity index (χ2n) is 2.23. The molecule has 1 aromatic heterocycles. The van der Waals surface area contributed by atoms with E-state index in [1.54, 1.807) is 18.3 Å². The lowest BCUT2D eigenvalue weighted by molar-refractivity contribution is 0.717. The van der Waals surface area contributed by atoms with Gasteiger partial charge in [-0.1, -0.05) is 11.6 Å². The van der Waals surface area contributed by atoms with Gasteiger partial charge in [-0.3, -0.25) is 4.98 Å². The molecule has 0 fully saturated rings. The van der Waals surface area contributed by atoms with E-state index in [-0.39, 0.29) is 6.04 Å². The first-order chi connectivity index (χ1) is 5.24. The molecule has 0 unspecified atom stereocenters. The molecule has 1 aromatic rings. The third-order valence-corrected chi connectivity index (χ3v) is 1.91. The maximum absolute atomic E-state index is 5.74. The lowest BCUT2D eigenvalue weighted by Gasteiger charge is -2.06. The average Bonchev–Trinajstić information content (AvgIpc) is 2.03. The van der Waals surface area contributed by atoms with Crippen LogP contribution in [0.4, 0.5) is 0 Å². The summed E-state index contributed by atoms with van der Waals surface area (Å²) in [6, 6.07) is 3.53. The summed E-state index contributed by atoms with van der Waals surface area (Å²) in [7, 11) is 0. The SMILES string of the molecule is C[C@H](NCl)c1cc(Cl)ccn1. The molecule has 0 aliphatic heterocycles. The van der Waals surface area contributed by atoms with Gasteiger partial charge in [0, 0.05) is 11.2 Å². The lowest BCUT2D eigenvalue weighted by atomic mass is 10.2. The van der Waals surface area contributed by atoms with Gasteiger partial charge in [-0.2, -0.15) is 0 Å². The predicted molar refractivity (Wildman–Crippen MR) is 46.7 cm³/mol. The molecule has 0 aromatic carbocycles. The van der Waals surface area contributed by atoms with Crippen molar-refractivity contribution in [3.63, 3.8) is 0 Å². The van der Waals surface area contributed by atoms with Crippen LogP contribution in [0.15, 0.2) is 18.3 Å². The predicted octanol–water partition coefficient (Wildman–Crippen LogP) is 2.54. The van der Waals surface area contributed by atoms with Crippen molar-refractivity contribution in [1.82, 2.24) is 9.82 Å². The smallest absolute Gasteiger partial charge is 0.0615 e. The highest BCUT2D eigenvalue weighted by atomic mass is 35.5. The summed E-state index contributed by atoms with van der Waals surface area (Å²) in [5.41, 5.74) is 0.840. The minimum absolute atomic E-state index is 0.0235. The zero-order valence-corrected chi connectivity index (χ0v) is 7.52. The Morgan fingerprint density at radius 3 is 2.91 bits per heavy atom. The summed E-state index contributed by atoms with van der Waals surface area (Å²) >= 11 is 11.1. The van der Waals surface area contributed by atoms with Crippen molar-refractivity contribution in [2.75, 3.05) is 0 Å². The van der Waals surface area contributed by atoms with Crippen LogP contribution in [0.3, 0.4) is 0 Å². The minimum atomic E-state index is 0.0235. The van der Waals surface area contributed by atoms with E-state index in [0.717, 1.165) is 5.69 Å². The third kappa shape index (κ3) is 2.33. The Morgan fingerprint density at radius 2 is 2.36 bits per heavy atom. The van der Waals surface area contributed by atoms with E-state index in [1.165, 1.54) is 0 Å². The fourth-order valence-corrected chi connectivity index (χ4v) is 0.994. The molecular weight excluding hydrogens is 183 g/mol. The van der Waals surface area contributed by atoms with Gasteiger partial charge < -0.3 is 0 Å². The molecule has 0 saturated heterocycles. The number of rotatable bonds is 2. The van der Waals surface area contributed by atoms with Gasteiger partial charge in [-0.15, -0.1) is 0 Å². The Hall–Kier alpha value is -0.310. The monoisotopic (exact) mass is 190 g/mol. The Kier molecular flexibility index (Phi) is 3.12. The molecule has 1 heterocycles. The Balaban J connectivity index is 2.86. The van der Waals surface area contributed by atoms with Gasteiger partial charge in [0.05, 0.1) is 11.7 Å².